The first kappa shape index (κ1) is 11.2. The Morgan fingerprint density at radius 1 is 0.938 bits per heavy atom. The van der Waals surface area contributed by atoms with E-state index in [4.69, 9.17) is 4.74 Å². The SMILES string of the molecule is COC(c1ccc2ccccc2c1)C(C)C. The molecule has 0 saturated carbocycles. The summed E-state index contributed by atoms with van der Waals surface area (Å²) in [7, 11) is 1.78. The minimum Gasteiger partial charge on any atom is -0.376 e. The summed E-state index contributed by atoms with van der Waals surface area (Å²) in [5, 5.41) is 2.56. The third-order valence-electron chi connectivity index (χ3n) is 2.96. The molecule has 84 valence electrons. The largest absolute Gasteiger partial charge is 0.376 e. The van der Waals surface area contributed by atoms with Crippen molar-refractivity contribution in [3.63, 3.8) is 0 Å². The van der Waals surface area contributed by atoms with Crippen molar-refractivity contribution < 1.29 is 4.74 Å². The first-order chi connectivity index (χ1) is 7.72. The molecule has 0 radical (unpaired) electrons. The van der Waals surface area contributed by atoms with E-state index >= 15 is 0 Å². The number of fused-ring (bicyclic) bond motifs is 1. The van der Waals surface area contributed by atoms with Crippen molar-refractivity contribution >= 4 is 10.8 Å². The highest BCUT2D eigenvalue weighted by molar-refractivity contribution is 5.83. The molecule has 0 N–H and O–H groups in total. The highest BCUT2D eigenvalue weighted by Gasteiger charge is 2.14. The van der Waals surface area contributed by atoms with Gasteiger partial charge in [-0.25, -0.2) is 0 Å². The number of benzene rings is 2. The lowest BCUT2D eigenvalue weighted by Gasteiger charge is -2.20. The van der Waals surface area contributed by atoms with E-state index in [0.29, 0.717) is 5.92 Å². The molecule has 0 aliphatic heterocycles. The summed E-state index contributed by atoms with van der Waals surface area (Å²) in [5.41, 5.74) is 1.26. The van der Waals surface area contributed by atoms with Gasteiger partial charge in [0.05, 0.1) is 6.10 Å². The van der Waals surface area contributed by atoms with Crippen molar-refractivity contribution in [2.75, 3.05) is 7.11 Å². The van der Waals surface area contributed by atoms with Crippen molar-refractivity contribution in [2.45, 2.75) is 20.0 Å². The molecule has 0 aliphatic rings. The molecular formula is C15H18O. The summed E-state index contributed by atoms with van der Waals surface area (Å²) in [6, 6.07) is 15.0. The van der Waals surface area contributed by atoms with Crippen LogP contribution in [0.5, 0.6) is 0 Å². The third kappa shape index (κ3) is 2.10. The van der Waals surface area contributed by atoms with Crippen LogP contribution in [0.1, 0.15) is 25.5 Å². The van der Waals surface area contributed by atoms with E-state index in [1.54, 1.807) is 7.11 Å². The summed E-state index contributed by atoms with van der Waals surface area (Å²) < 4.78 is 5.55. The van der Waals surface area contributed by atoms with E-state index in [1.807, 2.05) is 0 Å². The van der Waals surface area contributed by atoms with Crippen LogP contribution in [0.15, 0.2) is 42.5 Å². The van der Waals surface area contributed by atoms with Gasteiger partial charge >= 0.3 is 0 Å². The maximum Gasteiger partial charge on any atom is 0.0844 e. The second kappa shape index (κ2) is 4.67. The van der Waals surface area contributed by atoms with Crippen LogP contribution in [0.2, 0.25) is 0 Å². The van der Waals surface area contributed by atoms with Gasteiger partial charge in [-0.2, -0.15) is 0 Å². The van der Waals surface area contributed by atoms with Gasteiger partial charge in [0.2, 0.25) is 0 Å². The Morgan fingerprint density at radius 3 is 2.25 bits per heavy atom. The van der Waals surface area contributed by atoms with Gasteiger partial charge in [0.15, 0.2) is 0 Å². The quantitative estimate of drug-likeness (QED) is 0.744. The number of ether oxygens (including phenoxy) is 1. The second-order valence-corrected chi connectivity index (χ2v) is 4.51. The van der Waals surface area contributed by atoms with Crippen LogP contribution in [0.4, 0.5) is 0 Å². The molecule has 0 aliphatic carbocycles. The molecule has 2 rings (SSSR count). The summed E-state index contributed by atoms with van der Waals surface area (Å²) in [4.78, 5) is 0. The van der Waals surface area contributed by atoms with Crippen LogP contribution in [0.3, 0.4) is 0 Å². The van der Waals surface area contributed by atoms with E-state index in [1.165, 1.54) is 16.3 Å². The van der Waals surface area contributed by atoms with Crippen molar-refractivity contribution in [3.8, 4) is 0 Å². The fourth-order valence-corrected chi connectivity index (χ4v) is 2.18. The zero-order chi connectivity index (χ0) is 11.5. The third-order valence-corrected chi connectivity index (χ3v) is 2.96. The molecule has 2 aromatic rings. The normalized spacial score (nSPS) is 13.2. The van der Waals surface area contributed by atoms with E-state index in [2.05, 4.69) is 56.3 Å². The number of rotatable bonds is 3. The predicted octanol–water partition coefficient (Wildman–Crippen LogP) is 4.18. The minimum atomic E-state index is 0.185. The average Bonchev–Trinajstić information content (AvgIpc) is 2.29. The van der Waals surface area contributed by atoms with Crippen LogP contribution in [0, 0.1) is 5.92 Å². The molecule has 0 saturated heterocycles. The molecule has 1 nitrogen and oxygen atoms in total. The van der Waals surface area contributed by atoms with Crippen LogP contribution in [0.25, 0.3) is 10.8 Å². The average molecular weight is 214 g/mol. The maximum atomic E-state index is 5.55. The summed E-state index contributed by atoms with van der Waals surface area (Å²) in [6.07, 6.45) is 0.185. The molecule has 0 bridgehead atoms. The molecule has 0 spiro atoms. The molecule has 2 aromatic carbocycles. The minimum absolute atomic E-state index is 0.185. The van der Waals surface area contributed by atoms with Crippen LogP contribution in [-0.2, 0) is 4.74 Å². The van der Waals surface area contributed by atoms with Gasteiger partial charge in [0, 0.05) is 7.11 Å². The number of methoxy groups -OCH3 is 1. The van der Waals surface area contributed by atoms with Crippen molar-refractivity contribution in [1.82, 2.24) is 0 Å². The molecule has 1 atom stereocenters. The second-order valence-electron chi connectivity index (χ2n) is 4.51. The van der Waals surface area contributed by atoms with E-state index in [-0.39, 0.29) is 6.10 Å². The summed E-state index contributed by atoms with van der Waals surface area (Å²) in [5.74, 6) is 0.492. The maximum absolute atomic E-state index is 5.55. The van der Waals surface area contributed by atoms with Gasteiger partial charge in [-0.1, -0.05) is 50.2 Å². The van der Waals surface area contributed by atoms with Crippen molar-refractivity contribution in [2.24, 2.45) is 5.92 Å². The van der Waals surface area contributed by atoms with E-state index < -0.39 is 0 Å². The summed E-state index contributed by atoms with van der Waals surface area (Å²) in [6.45, 7) is 4.37. The fraction of sp³-hybridized carbons (Fsp3) is 0.333. The topological polar surface area (TPSA) is 9.23 Å². The van der Waals surface area contributed by atoms with E-state index in [9.17, 15) is 0 Å². The van der Waals surface area contributed by atoms with Crippen molar-refractivity contribution in [1.29, 1.82) is 0 Å². The Bertz CT molecular complexity index is 474. The van der Waals surface area contributed by atoms with Crippen LogP contribution < -0.4 is 0 Å². The molecule has 0 aromatic heterocycles. The van der Waals surface area contributed by atoms with E-state index in [0.717, 1.165) is 0 Å². The van der Waals surface area contributed by atoms with Gasteiger partial charge < -0.3 is 4.74 Å². The van der Waals surface area contributed by atoms with Gasteiger partial charge in [-0.15, -0.1) is 0 Å². The monoisotopic (exact) mass is 214 g/mol. The van der Waals surface area contributed by atoms with Crippen LogP contribution >= 0.6 is 0 Å². The highest BCUT2D eigenvalue weighted by atomic mass is 16.5. The highest BCUT2D eigenvalue weighted by Crippen LogP contribution is 2.27. The van der Waals surface area contributed by atoms with Gasteiger partial charge in [-0.05, 0) is 28.3 Å². The first-order valence-electron chi connectivity index (χ1n) is 5.74. The molecule has 0 heterocycles. The Labute approximate surface area is 97.1 Å². The van der Waals surface area contributed by atoms with Gasteiger partial charge in [0.1, 0.15) is 0 Å². The Morgan fingerprint density at radius 2 is 1.62 bits per heavy atom. The molecule has 1 unspecified atom stereocenters. The smallest absolute Gasteiger partial charge is 0.0844 e. The molecule has 0 fully saturated rings. The molecule has 16 heavy (non-hydrogen) atoms. The van der Waals surface area contributed by atoms with Gasteiger partial charge in [-0.3, -0.25) is 0 Å². The number of hydrogen-bond donors (Lipinski definition) is 0. The number of hydrogen-bond acceptors (Lipinski definition) is 1. The molecule has 0 amide bonds. The van der Waals surface area contributed by atoms with Crippen molar-refractivity contribution in [3.05, 3.63) is 48.0 Å². The lowest BCUT2D eigenvalue weighted by Crippen LogP contribution is -2.08. The Hall–Kier alpha value is -1.34. The lowest BCUT2D eigenvalue weighted by molar-refractivity contribution is 0.0647. The fourth-order valence-electron chi connectivity index (χ4n) is 2.18. The predicted molar refractivity (Wildman–Crippen MR) is 68.5 cm³/mol. The first-order valence-corrected chi connectivity index (χ1v) is 5.74. The standard InChI is InChI=1S/C15H18O/c1-11(2)15(16-3)14-9-8-12-6-4-5-7-13(12)10-14/h4-11,15H,1-3H3. The molecule has 1 heteroatoms. The zero-order valence-electron chi connectivity index (χ0n) is 10.1. The summed E-state index contributed by atoms with van der Waals surface area (Å²) >= 11 is 0. The Balaban J connectivity index is 2.45. The Kier molecular flexibility index (Phi) is 3.25. The van der Waals surface area contributed by atoms with Gasteiger partial charge in [0.25, 0.3) is 0 Å². The zero-order valence-corrected chi connectivity index (χ0v) is 10.1. The molecular weight excluding hydrogens is 196 g/mol. The lowest BCUT2D eigenvalue weighted by atomic mass is 9.96. The van der Waals surface area contributed by atoms with Crippen LogP contribution in [-0.4, -0.2) is 7.11 Å².